The SMILES string of the molecule is O=C(O)COc1ccccc1C(O)C(O)CO. The van der Waals surface area contributed by atoms with E-state index in [9.17, 15) is 15.0 Å². The van der Waals surface area contributed by atoms with Crippen molar-refractivity contribution >= 4 is 5.97 Å². The zero-order chi connectivity index (χ0) is 12.8. The summed E-state index contributed by atoms with van der Waals surface area (Å²) >= 11 is 0. The normalized spacial score (nSPS) is 14.1. The van der Waals surface area contributed by atoms with Crippen LogP contribution >= 0.6 is 0 Å². The number of ether oxygens (including phenoxy) is 1. The molecule has 0 aliphatic rings. The molecule has 17 heavy (non-hydrogen) atoms. The first-order valence-electron chi connectivity index (χ1n) is 4.96. The Balaban J connectivity index is 2.87. The molecule has 0 bridgehead atoms. The maximum atomic E-state index is 10.4. The molecular weight excluding hydrogens is 228 g/mol. The number of aliphatic carboxylic acids is 1. The van der Waals surface area contributed by atoms with E-state index in [0.717, 1.165) is 0 Å². The van der Waals surface area contributed by atoms with E-state index in [-0.39, 0.29) is 11.3 Å². The topological polar surface area (TPSA) is 107 Å². The number of carbonyl (C=O) groups is 1. The summed E-state index contributed by atoms with van der Waals surface area (Å²) in [4.78, 5) is 10.4. The second kappa shape index (κ2) is 6.19. The first kappa shape index (κ1) is 13.4. The average molecular weight is 242 g/mol. The van der Waals surface area contributed by atoms with Gasteiger partial charge in [0.15, 0.2) is 6.61 Å². The number of carboxylic acids is 1. The first-order valence-corrected chi connectivity index (χ1v) is 4.96. The van der Waals surface area contributed by atoms with Crippen LogP contribution in [-0.4, -0.2) is 45.7 Å². The Labute approximate surface area is 97.7 Å². The number of aliphatic hydroxyl groups is 3. The second-order valence-electron chi connectivity index (χ2n) is 3.41. The van der Waals surface area contributed by atoms with Crippen molar-refractivity contribution in [2.45, 2.75) is 12.2 Å². The summed E-state index contributed by atoms with van der Waals surface area (Å²) in [6.07, 6.45) is -2.67. The number of rotatable bonds is 6. The molecule has 6 nitrogen and oxygen atoms in total. The van der Waals surface area contributed by atoms with Crippen LogP contribution in [-0.2, 0) is 4.79 Å². The van der Waals surface area contributed by atoms with Gasteiger partial charge in [0.05, 0.1) is 6.61 Å². The van der Waals surface area contributed by atoms with Gasteiger partial charge in [-0.25, -0.2) is 4.79 Å². The van der Waals surface area contributed by atoms with Crippen molar-refractivity contribution in [3.05, 3.63) is 29.8 Å². The van der Waals surface area contributed by atoms with Gasteiger partial charge in [0.1, 0.15) is 18.0 Å². The molecule has 4 N–H and O–H groups in total. The molecule has 0 aromatic heterocycles. The van der Waals surface area contributed by atoms with Crippen LogP contribution < -0.4 is 4.74 Å². The Morgan fingerprint density at radius 1 is 1.29 bits per heavy atom. The van der Waals surface area contributed by atoms with Crippen molar-refractivity contribution in [3.8, 4) is 5.75 Å². The van der Waals surface area contributed by atoms with E-state index < -0.39 is 31.4 Å². The van der Waals surface area contributed by atoms with Gasteiger partial charge in [-0.2, -0.15) is 0 Å². The summed E-state index contributed by atoms with van der Waals surface area (Å²) in [5.41, 5.74) is 0.232. The zero-order valence-corrected chi connectivity index (χ0v) is 8.98. The van der Waals surface area contributed by atoms with Crippen LogP contribution in [0.25, 0.3) is 0 Å². The van der Waals surface area contributed by atoms with Gasteiger partial charge in [-0.3, -0.25) is 0 Å². The van der Waals surface area contributed by atoms with Crippen LogP contribution in [0.4, 0.5) is 0 Å². The third kappa shape index (κ3) is 3.70. The van der Waals surface area contributed by atoms with E-state index in [2.05, 4.69) is 0 Å². The molecule has 0 aliphatic carbocycles. The Morgan fingerprint density at radius 3 is 2.53 bits per heavy atom. The first-order chi connectivity index (χ1) is 8.06. The molecule has 6 heteroatoms. The Hall–Kier alpha value is -1.63. The van der Waals surface area contributed by atoms with E-state index in [1.165, 1.54) is 12.1 Å². The monoisotopic (exact) mass is 242 g/mol. The summed E-state index contributed by atoms with van der Waals surface area (Å²) in [6.45, 7) is -1.15. The molecule has 94 valence electrons. The molecule has 0 saturated carbocycles. The molecule has 1 aromatic rings. The predicted molar refractivity (Wildman–Crippen MR) is 57.6 cm³/mol. The number of carboxylic acid groups (broad SMARTS) is 1. The molecule has 1 rings (SSSR count). The van der Waals surface area contributed by atoms with Gasteiger partial charge < -0.3 is 25.2 Å². The van der Waals surface area contributed by atoms with E-state index in [4.69, 9.17) is 14.9 Å². The summed E-state index contributed by atoms with van der Waals surface area (Å²) in [5.74, 6) is -0.980. The van der Waals surface area contributed by atoms with Crippen molar-refractivity contribution in [2.24, 2.45) is 0 Å². The third-order valence-corrected chi connectivity index (χ3v) is 2.14. The maximum Gasteiger partial charge on any atom is 0.341 e. The van der Waals surface area contributed by atoms with E-state index in [1.807, 2.05) is 0 Å². The fourth-order valence-electron chi connectivity index (χ4n) is 1.30. The lowest BCUT2D eigenvalue weighted by atomic mass is 10.0. The Kier molecular flexibility index (Phi) is 4.89. The average Bonchev–Trinajstić information content (AvgIpc) is 2.34. The highest BCUT2D eigenvalue weighted by atomic mass is 16.5. The van der Waals surface area contributed by atoms with E-state index >= 15 is 0 Å². The Bertz CT molecular complexity index is 378. The minimum Gasteiger partial charge on any atom is -0.482 e. The maximum absolute atomic E-state index is 10.4. The molecule has 2 unspecified atom stereocenters. The molecule has 0 fully saturated rings. The number of para-hydroxylation sites is 1. The number of benzene rings is 1. The minimum atomic E-state index is -1.34. The molecule has 0 aliphatic heterocycles. The largest absolute Gasteiger partial charge is 0.482 e. The smallest absolute Gasteiger partial charge is 0.341 e. The van der Waals surface area contributed by atoms with Gasteiger partial charge >= 0.3 is 5.97 Å². The fourth-order valence-corrected chi connectivity index (χ4v) is 1.30. The lowest BCUT2D eigenvalue weighted by Crippen LogP contribution is -2.23. The predicted octanol–water partition coefficient (Wildman–Crippen LogP) is -0.463. The van der Waals surface area contributed by atoms with Gasteiger partial charge in [-0.1, -0.05) is 18.2 Å². The molecule has 0 heterocycles. The third-order valence-electron chi connectivity index (χ3n) is 2.14. The van der Waals surface area contributed by atoms with Gasteiger partial charge in [0.2, 0.25) is 0 Å². The van der Waals surface area contributed by atoms with Crippen LogP contribution in [0.5, 0.6) is 5.75 Å². The number of aliphatic hydroxyl groups excluding tert-OH is 3. The van der Waals surface area contributed by atoms with E-state index in [0.29, 0.717) is 0 Å². The fraction of sp³-hybridized carbons (Fsp3) is 0.364. The van der Waals surface area contributed by atoms with Gasteiger partial charge in [-0.05, 0) is 6.07 Å². The van der Waals surface area contributed by atoms with Crippen LogP contribution in [0, 0.1) is 0 Å². The summed E-state index contributed by atoms with van der Waals surface area (Å²) in [6, 6.07) is 6.18. The van der Waals surface area contributed by atoms with Crippen molar-refractivity contribution in [3.63, 3.8) is 0 Å². The van der Waals surface area contributed by atoms with Crippen molar-refractivity contribution in [1.29, 1.82) is 0 Å². The molecular formula is C11H14O6. The molecule has 0 spiro atoms. The number of hydrogen-bond acceptors (Lipinski definition) is 5. The van der Waals surface area contributed by atoms with E-state index in [1.54, 1.807) is 12.1 Å². The summed E-state index contributed by atoms with van der Waals surface area (Å²) in [5, 5.41) is 36.2. The highest BCUT2D eigenvalue weighted by molar-refractivity contribution is 5.68. The van der Waals surface area contributed by atoms with Crippen LogP contribution in [0.1, 0.15) is 11.7 Å². The van der Waals surface area contributed by atoms with Crippen molar-refractivity contribution in [1.82, 2.24) is 0 Å². The summed E-state index contributed by atoms with van der Waals surface area (Å²) < 4.78 is 4.96. The van der Waals surface area contributed by atoms with Crippen LogP contribution in [0.15, 0.2) is 24.3 Å². The van der Waals surface area contributed by atoms with Crippen LogP contribution in [0.3, 0.4) is 0 Å². The lowest BCUT2D eigenvalue weighted by Gasteiger charge is -2.18. The molecule has 2 atom stereocenters. The highest BCUT2D eigenvalue weighted by Gasteiger charge is 2.21. The molecule has 0 radical (unpaired) electrons. The van der Waals surface area contributed by atoms with Gasteiger partial charge in [0, 0.05) is 5.56 Å². The quantitative estimate of drug-likeness (QED) is 0.537. The Morgan fingerprint density at radius 2 is 1.94 bits per heavy atom. The zero-order valence-electron chi connectivity index (χ0n) is 8.98. The second-order valence-corrected chi connectivity index (χ2v) is 3.41. The van der Waals surface area contributed by atoms with Gasteiger partial charge in [0.25, 0.3) is 0 Å². The van der Waals surface area contributed by atoms with Crippen LogP contribution in [0.2, 0.25) is 0 Å². The highest BCUT2D eigenvalue weighted by Crippen LogP contribution is 2.27. The number of hydrogen-bond donors (Lipinski definition) is 4. The summed E-state index contributed by atoms with van der Waals surface area (Å²) in [7, 11) is 0. The molecule has 0 amide bonds. The van der Waals surface area contributed by atoms with Crippen molar-refractivity contribution < 1.29 is 30.0 Å². The van der Waals surface area contributed by atoms with Gasteiger partial charge in [-0.15, -0.1) is 0 Å². The molecule has 0 saturated heterocycles. The standard InChI is InChI=1S/C11H14O6/c12-5-8(13)11(16)7-3-1-2-4-9(7)17-6-10(14)15/h1-4,8,11-13,16H,5-6H2,(H,14,15). The van der Waals surface area contributed by atoms with Crippen molar-refractivity contribution in [2.75, 3.05) is 13.2 Å². The minimum absolute atomic E-state index is 0.162. The lowest BCUT2D eigenvalue weighted by molar-refractivity contribution is -0.139. The molecule has 1 aromatic carbocycles.